The Morgan fingerprint density at radius 2 is 1.46 bits per heavy atom. The lowest BCUT2D eigenvalue weighted by atomic mass is 10.1. The highest BCUT2D eigenvalue weighted by Crippen LogP contribution is 2.20. The first-order valence-electron chi connectivity index (χ1n) is 9.03. The monoisotopic (exact) mass is 406 g/mol. The lowest BCUT2D eigenvalue weighted by molar-refractivity contribution is -0.118. The van der Waals surface area contributed by atoms with Crippen LogP contribution in [0.25, 0.3) is 0 Å². The standard InChI is InChI=1S/C21H26O6S/c1-21(2,16-22)26-19-9-7-17(8-10-19)6-4-5-15-25-18-11-13-20(14-12-18)27-28(3,23)24/h7-14,16H,4-6,15H2,1-3H3. The Labute approximate surface area is 166 Å². The van der Waals surface area contributed by atoms with Gasteiger partial charge >= 0.3 is 10.1 Å². The van der Waals surface area contributed by atoms with Gasteiger partial charge < -0.3 is 13.7 Å². The molecular formula is C21H26O6S. The summed E-state index contributed by atoms with van der Waals surface area (Å²) < 4.78 is 38.2. The van der Waals surface area contributed by atoms with Crippen molar-refractivity contribution in [2.75, 3.05) is 12.9 Å². The third kappa shape index (κ3) is 8.00. The number of ether oxygens (including phenoxy) is 2. The van der Waals surface area contributed by atoms with Crippen molar-refractivity contribution >= 4 is 16.4 Å². The SMILES string of the molecule is CC(C)(C=O)Oc1ccc(CCCCOc2ccc(OS(C)(=O)=O)cc2)cc1. The summed E-state index contributed by atoms with van der Waals surface area (Å²) in [5.74, 6) is 1.60. The molecule has 0 saturated heterocycles. The zero-order valence-electron chi connectivity index (χ0n) is 16.4. The first-order chi connectivity index (χ1) is 13.2. The van der Waals surface area contributed by atoms with E-state index in [4.69, 9.17) is 13.7 Å². The molecule has 0 N–H and O–H groups in total. The Kier molecular flexibility index (Phi) is 7.45. The summed E-state index contributed by atoms with van der Waals surface area (Å²) in [7, 11) is -3.52. The number of benzene rings is 2. The fourth-order valence-electron chi connectivity index (χ4n) is 2.44. The number of carbonyl (C=O) groups excluding carboxylic acids is 1. The Morgan fingerprint density at radius 3 is 2.04 bits per heavy atom. The molecule has 0 radical (unpaired) electrons. The summed E-state index contributed by atoms with van der Waals surface area (Å²) in [4.78, 5) is 10.9. The van der Waals surface area contributed by atoms with Crippen molar-refractivity contribution < 1.29 is 26.9 Å². The van der Waals surface area contributed by atoms with Crippen LogP contribution >= 0.6 is 0 Å². The lowest BCUT2D eigenvalue weighted by Gasteiger charge is -2.19. The topological polar surface area (TPSA) is 78.9 Å². The summed E-state index contributed by atoms with van der Waals surface area (Å²) in [5.41, 5.74) is 0.368. The quantitative estimate of drug-likeness (QED) is 0.321. The van der Waals surface area contributed by atoms with E-state index in [1.54, 1.807) is 38.1 Å². The molecule has 0 amide bonds. The van der Waals surface area contributed by atoms with Crippen molar-refractivity contribution in [2.45, 2.75) is 38.7 Å². The van der Waals surface area contributed by atoms with E-state index in [0.717, 1.165) is 31.8 Å². The number of rotatable bonds is 11. The number of hydrogen-bond acceptors (Lipinski definition) is 6. The first kappa shape index (κ1) is 21.8. The number of hydrogen-bond donors (Lipinski definition) is 0. The van der Waals surface area contributed by atoms with Gasteiger partial charge in [0.15, 0.2) is 11.9 Å². The van der Waals surface area contributed by atoms with E-state index in [1.807, 2.05) is 24.3 Å². The van der Waals surface area contributed by atoms with Gasteiger partial charge in [-0.15, -0.1) is 0 Å². The Hall–Kier alpha value is -2.54. The van der Waals surface area contributed by atoms with Crippen LogP contribution in [-0.4, -0.2) is 33.2 Å². The highest BCUT2D eigenvalue weighted by atomic mass is 32.2. The Morgan fingerprint density at radius 1 is 0.893 bits per heavy atom. The summed E-state index contributed by atoms with van der Waals surface area (Å²) >= 11 is 0. The number of aldehydes is 1. The second-order valence-corrected chi connectivity index (χ2v) is 8.61. The van der Waals surface area contributed by atoms with Gasteiger partial charge in [0, 0.05) is 0 Å². The number of carbonyl (C=O) groups is 1. The van der Waals surface area contributed by atoms with Gasteiger partial charge in [0.2, 0.25) is 0 Å². The molecule has 0 heterocycles. The van der Waals surface area contributed by atoms with E-state index in [9.17, 15) is 13.2 Å². The van der Waals surface area contributed by atoms with Gasteiger partial charge in [-0.05, 0) is 75.1 Å². The minimum absolute atomic E-state index is 0.263. The molecule has 0 aliphatic heterocycles. The molecule has 0 bridgehead atoms. The fourth-order valence-corrected chi connectivity index (χ4v) is 2.90. The van der Waals surface area contributed by atoms with Crippen LogP contribution < -0.4 is 13.7 Å². The molecule has 0 aliphatic rings. The average Bonchev–Trinajstić information content (AvgIpc) is 2.63. The van der Waals surface area contributed by atoms with Gasteiger partial charge in [0.25, 0.3) is 0 Å². The van der Waals surface area contributed by atoms with Crippen molar-refractivity contribution in [2.24, 2.45) is 0 Å². The van der Waals surface area contributed by atoms with Gasteiger partial charge in [-0.25, -0.2) is 0 Å². The molecule has 28 heavy (non-hydrogen) atoms. The smallest absolute Gasteiger partial charge is 0.306 e. The summed E-state index contributed by atoms with van der Waals surface area (Å²) in [6.45, 7) is 4.02. The second kappa shape index (κ2) is 9.59. The van der Waals surface area contributed by atoms with Crippen LogP contribution in [0, 0.1) is 0 Å². The van der Waals surface area contributed by atoms with Crippen molar-refractivity contribution in [3.05, 3.63) is 54.1 Å². The summed E-state index contributed by atoms with van der Waals surface area (Å²) in [5, 5.41) is 0. The molecule has 7 heteroatoms. The average molecular weight is 407 g/mol. The fraction of sp³-hybridized carbons (Fsp3) is 0.381. The first-order valence-corrected chi connectivity index (χ1v) is 10.9. The van der Waals surface area contributed by atoms with Crippen LogP contribution in [0.5, 0.6) is 17.2 Å². The maximum atomic E-state index is 11.1. The maximum Gasteiger partial charge on any atom is 0.306 e. The van der Waals surface area contributed by atoms with Crippen molar-refractivity contribution in [3.63, 3.8) is 0 Å². The molecular weight excluding hydrogens is 380 g/mol. The van der Waals surface area contributed by atoms with Gasteiger partial charge in [-0.3, -0.25) is 4.79 Å². The Bertz CT molecular complexity index is 855. The van der Waals surface area contributed by atoms with Gasteiger partial charge in [-0.1, -0.05) is 12.1 Å². The predicted molar refractivity (Wildman–Crippen MR) is 108 cm³/mol. The van der Waals surface area contributed by atoms with Gasteiger partial charge in [-0.2, -0.15) is 8.42 Å². The van der Waals surface area contributed by atoms with Crippen molar-refractivity contribution in [3.8, 4) is 17.2 Å². The van der Waals surface area contributed by atoms with E-state index < -0.39 is 15.7 Å². The van der Waals surface area contributed by atoms with E-state index in [0.29, 0.717) is 18.1 Å². The van der Waals surface area contributed by atoms with Gasteiger partial charge in [0.05, 0.1) is 12.9 Å². The van der Waals surface area contributed by atoms with Crippen molar-refractivity contribution in [1.82, 2.24) is 0 Å². The maximum absolute atomic E-state index is 11.1. The van der Waals surface area contributed by atoms with E-state index in [2.05, 4.69) is 0 Å². The van der Waals surface area contributed by atoms with Crippen LogP contribution in [-0.2, 0) is 21.3 Å². The second-order valence-electron chi connectivity index (χ2n) is 7.03. The molecule has 2 rings (SSSR count). The molecule has 0 unspecified atom stereocenters. The van der Waals surface area contributed by atoms with Crippen LogP contribution in [0.15, 0.2) is 48.5 Å². The predicted octanol–water partition coefficient (Wildman–Crippen LogP) is 3.78. The molecule has 0 aromatic heterocycles. The molecule has 2 aromatic carbocycles. The Balaban J connectivity index is 1.69. The number of aryl methyl sites for hydroxylation is 1. The van der Waals surface area contributed by atoms with E-state index >= 15 is 0 Å². The van der Waals surface area contributed by atoms with Gasteiger partial charge in [0.1, 0.15) is 17.2 Å². The molecule has 0 saturated carbocycles. The largest absolute Gasteiger partial charge is 0.494 e. The summed E-state index contributed by atoms with van der Waals surface area (Å²) in [6, 6.07) is 14.2. The van der Waals surface area contributed by atoms with E-state index in [-0.39, 0.29) is 5.75 Å². The zero-order chi connectivity index (χ0) is 20.6. The third-order valence-corrected chi connectivity index (χ3v) is 4.28. The zero-order valence-corrected chi connectivity index (χ0v) is 17.2. The molecule has 0 atom stereocenters. The van der Waals surface area contributed by atoms with Crippen molar-refractivity contribution in [1.29, 1.82) is 0 Å². The van der Waals surface area contributed by atoms with Crippen LogP contribution in [0.2, 0.25) is 0 Å². The lowest BCUT2D eigenvalue weighted by Crippen LogP contribution is -2.29. The molecule has 2 aromatic rings. The minimum atomic E-state index is -3.52. The normalized spacial score (nSPS) is 11.7. The highest BCUT2D eigenvalue weighted by Gasteiger charge is 2.17. The van der Waals surface area contributed by atoms with E-state index in [1.165, 1.54) is 5.56 Å². The molecule has 152 valence electrons. The number of unbranched alkanes of at least 4 members (excludes halogenated alkanes) is 1. The van der Waals surface area contributed by atoms with Crippen LogP contribution in [0.4, 0.5) is 0 Å². The minimum Gasteiger partial charge on any atom is -0.494 e. The van der Waals surface area contributed by atoms with Crippen LogP contribution in [0.1, 0.15) is 32.3 Å². The highest BCUT2D eigenvalue weighted by molar-refractivity contribution is 7.86. The third-order valence-electron chi connectivity index (χ3n) is 3.79. The molecule has 0 spiro atoms. The molecule has 0 fully saturated rings. The van der Waals surface area contributed by atoms with Crippen LogP contribution in [0.3, 0.4) is 0 Å². The summed E-state index contributed by atoms with van der Waals surface area (Å²) in [6.07, 6.45) is 4.56. The molecule has 0 aliphatic carbocycles. The molecule has 6 nitrogen and oxygen atoms in total.